The van der Waals surface area contributed by atoms with E-state index >= 15 is 0 Å². The Balaban J connectivity index is 0.000000254. The number of aliphatic hydroxyl groups excluding tert-OH is 1. The van der Waals surface area contributed by atoms with Gasteiger partial charge in [-0.2, -0.15) is 0 Å². The summed E-state index contributed by atoms with van der Waals surface area (Å²) in [6.07, 6.45) is 0.220. The fourth-order valence-electron chi connectivity index (χ4n) is 3.12. The van der Waals surface area contributed by atoms with Crippen LogP contribution >= 0.6 is 27.5 Å². The predicted octanol–water partition coefficient (Wildman–Crippen LogP) is 5.37. The van der Waals surface area contributed by atoms with Gasteiger partial charge < -0.3 is 10.8 Å². The number of carbonyl (C=O) groups is 1. The number of rotatable bonds is 2. The Labute approximate surface area is 168 Å². The van der Waals surface area contributed by atoms with E-state index in [9.17, 15) is 9.90 Å². The van der Waals surface area contributed by atoms with Gasteiger partial charge in [0.1, 0.15) is 5.78 Å². The minimum atomic E-state index is -0.557. The van der Waals surface area contributed by atoms with E-state index in [1.807, 2.05) is 49.4 Å². The lowest BCUT2D eigenvalue weighted by molar-refractivity contribution is -0.124. The van der Waals surface area contributed by atoms with Crippen molar-refractivity contribution < 1.29 is 9.90 Å². The third-order valence-corrected chi connectivity index (χ3v) is 5.21. The van der Waals surface area contributed by atoms with Gasteiger partial charge in [-0.25, -0.2) is 0 Å². The Hall–Kier alpha value is -1.62. The zero-order valence-electron chi connectivity index (χ0n) is 14.7. The molecule has 1 aliphatic carbocycles. The van der Waals surface area contributed by atoms with Crippen molar-refractivity contribution >= 4 is 39.0 Å². The van der Waals surface area contributed by atoms with E-state index < -0.39 is 6.10 Å². The second-order valence-corrected chi connectivity index (χ2v) is 7.96. The molecule has 2 aromatic rings. The van der Waals surface area contributed by atoms with Gasteiger partial charge in [0.15, 0.2) is 0 Å². The standard InChI is InChI=1S/C15H17ClO2.C6H6BrN/c1-9(2)13-7-12(17)8-14(15(13)18)10-4-3-5-11(16)6-10;7-5-2-1-3-6(8)4-5/h3-6,13-15,18H,1,7-8H2,2H3;1-4H,8H2/t13-,14+,15?;/m1./s1. The maximum absolute atomic E-state index is 11.8. The Morgan fingerprint density at radius 3 is 2.46 bits per heavy atom. The molecule has 0 heterocycles. The van der Waals surface area contributed by atoms with Crippen LogP contribution in [0.3, 0.4) is 0 Å². The van der Waals surface area contributed by atoms with Gasteiger partial charge in [0.25, 0.3) is 0 Å². The molecule has 1 fully saturated rings. The summed E-state index contributed by atoms with van der Waals surface area (Å²) in [4.78, 5) is 11.8. The maximum atomic E-state index is 11.8. The number of nitrogen functional groups attached to an aromatic ring is 1. The number of benzene rings is 2. The molecule has 5 heteroatoms. The number of halogens is 2. The van der Waals surface area contributed by atoms with Crippen LogP contribution in [0.1, 0.15) is 31.2 Å². The van der Waals surface area contributed by atoms with E-state index in [-0.39, 0.29) is 17.6 Å². The smallest absolute Gasteiger partial charge is 0.134 e. The summed E-state index contributed by atoms with van der Waals surface area (Å²) in [6, 6.07) is 14.9. The van der Waals surface area contributed by atoms with Crippen molar-refractivity contribution in [1.29, 1.82) is 0 Å². The number of aliphatic hydroxyl groups is 1. The van der Waals surface area contributed by atoms with Gasteiger partial charge in [-0.05, 0) is 42.8 Å². The van der Waals surface area contributed by atoms with Crippen molar-refractivity contribution in [2.24, 2.45) is 5.92 Å². The summed E-state index contributed by atoms with van der Waals surface area (Å²) in [5.41, 5.74) is 8.01. The number of ketones is 1. The average molecular weight is 437 g/mol. The Kier molecular flexibility index (Phi) is 7.44. The molecular weight excluding hydrogens is 414 g/mol. The molecule has 1 saturated carbocycles. The first-order valence-corrected chi connectivity index (χ1v) is 9.56. The van der Waals surface area contributed by atoms with Gasteiger partial charge >= 0.3 is 0 Å². The lowest BCUT2D eigenvalue weighted by Gasteiger charge is -2.34. The molecule has 26 heavy (non-hydrogen) atoms. The van der Waals surface area contributed by atoms with Gasteiger partial charge in [0, 0.05) is 39.9 Å². The van der Waals surface area contributed by atoms with Crippen LogP contribution in [-0.2, 0) is 4.79 Å². The van der Waals surface area contributed by atoms with Crippen LogP contribution in [0.2, 0.25) is 5.02 Å². The molecule has 0 spiro atoms. The minimum absolute atomic E-state index is 0.143. The largest absolute Gasteiger partial charge is 0.399 e. The van der Waals surface area contributed by atoms with Crippen molar-refractivity contribution in [3.63, 3.8) is 0 Å². The second kappa shape index (κ2) is 9.36. The molecule has 0 aromatic heterocycles. The number of carbonyl (C=O) groups excluding carboxylic acids is 1. The lowest BCUT2D eigenvalue weighted by Crippen LogP contribution is -2.36. The topological polar surface area (TPSA) is 63.3 Å². The summed E-state index contributed by atoms with van der Waals surface area (Å²) in [7, 11) is 0. The van der Waals surface area contributed by atoms with Crippen molar-refractivity contribution in [3.8, 4) is 0 Å². The summed E-state index contributed by atoms with van der Waals surface area (Å²) >= 11 is 9.25. The van der Waals surface area contributed by atoms with Crippen LogP contribution in [0.5, 0.6) is 0 Å². The Bertz CT molecular complexity index is 776. The van der Waals surface area contributed by atoms with Crippen molar-refractivity contribution in [2.45, 2.75) is 31.8 Å². The molecule has 3 rings (SSSR count). The number of anilines is 1. The third-order valence-electron chi connectivity index (χ3n) is 4.48. The fourth-order valence-corrected chi connectivity index (χ4v) is 3.74. The second-order valence-electron chi connectivity index (χ2n) is 6.61. The minimum Gasteiger partial charge on any atom is -0.399 e. The first-order valence-electron chi connectivity index (χ1n) is 8.39. The fraction of sp³-hybridized carbons (Fsp3) is 0.286. The van der Waals surface area contributed by atoms with Crippen LogP contribution in [0.25, 0.3) is 0 Å². The maximum Gasteiger partial charge on any atom is 0.134 e. The number of hydrogen-bond donors (Lipinski definition) is 2. The highest BCUT2D eigenvalue weighted by molar-refractivity contribution is 9.10. The van der Waals surface area contributed by atoms with Gasteiger partial charge in [0.05, 0.1) is 6.10 Å². The number of nitrogens with two attached hydrogens (primary N) is 1. The molecule has 0 saturated heterocycles. The van der Waals surface area contributed by atoms with Gasteiger partial charge in [-0.15, -0.1) is 0 Å². The Morgan fingerprint density at radius 1 is 1.23 bits per heavy atom. The molecule has 3 N–H and O–H groups in total. The van der Waals surface area contributed by atoms with E-state index in [4.69, 9.17) is 17.3 Å². The Morgan fingerprint density at radius 2 is 1.92 bits per heavy atom. The molecule has 1 unspecified atom stereocenters. The SMILES string of the molecule is C=C(C)[C@H]1CC(=O)C[C@@H](c2cccc(Cl)c2)C1O.Nc1cccc(Br)c1. The first kappa shape index (κ1) is 20.7. The van der Waals surface area contributed by atoms with Crippen molar-refractivity contribution in [3.05, 3.63) is 75.7 Å². The lowest BCUT2D eigenvalue weighted by atomic mass is 9.73. The van der Waals surface area contributed by atoms with E-state index in [1.54, 1.807) is 6.07 Å². The predicted molar refractivity (Wildman–Crippen MR) is 111 cm³/mol. The van der Waals surface area contributed by atoms with E-state index in [2.05, 4.69) is 22.5 Å². The van der Waals surface area contributed by atoms with Crippen LogP contribution in [-0.4, -0.2) is 17.0 Å². The first-order chi connectivity index (χ1) is 12.3. The van der Waals surface area contributed by atoms with Crippen molar-refractivity contribution in [2.75, 3.05) is 5.73 Å². The highest BCUT2D eigenvalue weighted by Crippen LogP contribution is 2.38. The summed E-state index contributed by atoms with van der Waals surface area (Å²) in [6.45, 7) is 5.73. The van der Waals surface area contributed by atoms with E-state index in [0.717, 1.165) is 21.3 Å². The molecule has 0 amide bonds. The molecule has 3 nitrogen and oxygen atoms in total. The molecule has 0 aliphatic heterocycles. The monoisotopic (exact) mass is 435 g/mol. The van der Waals surface area contributed by atoms with Gasteiger partial charge in [-0.3, -0.25) is 4.79 Å². The molecule has 2 aromatic carbocycles. The number of hydrogen-bond acceptors (Lipinski definition) is 3. The van der Waals surface area contributed by atoms with Gasteiger partial charge in [0.2, 0.25) is 0 Å². The zero-order valence-corrected chi connectivity index (χ0v) is 17.0. The summed E-state index contributed by atoms with van der Waals surface area (Å²) in [5.74, 6) is -0.139. The molecule has 138 valence electrons. The van der Waals surface area contributed by atoms with E-state index in [0.29, 0.717) is 17.9 Å². The molecule has 0 bridgehead atoms. The van der Waals surface area contributed by atoms with Gasteiger partial charge in [-0.1, -0.05) is 57.9 Å². The molecule has 1 aliphatic rings. The molecule has 0 radical (unpaired) electrons. The third kappa shape index (κ3) is 5.70. The quantitative estimate of drug-likeness (QED) is 0.491. The van der Waals surface area contributed by atoms with E-state index in [1.165, 1.54) is 0 Å². The van der Waals surface area contributed by atoms with Crippen LogP contribution < -0.4 is 5.73 Å². The normalized spacial score (nSPS) is 22.3. The summed E-state index contributed by atoms with van der Waals surface area (Å²) in [5, 5.41) is 11.0. The average Bonchev–Trinajstić information content (AvgIpc) is 2.57. The number of Topliss-reactive ketones (excluding diaryl/α,β-unsaturated/α-hetero) is 1. The highest BCUT2D eigenvalue weighted by atomic mass is 79.9. The van der Waals surface area contributed by atoms with Crippen LogP contribution in [0, 0.1) is 5.92 Å². The molecule has 3 atom stereocenters. The zero-order chi connectivity index (χ0) is 19.3. The van der Waals surface area contributed by atoms with Crippen molar-refractivity contribution in [1.82, 2.24) is 0 Å². The summed E-state index contributed by atoms with van der Waals surface area (Å²) < 4.78 is 1.03. The highest BCUT2D eigenvalue weighted by Gasteiger charge is 2.37. The van der Waals surface area contributed by atoms with Crippen LogP contribution in [0.15, 0.2) is 65.2 Å². The van der Waals surface area contributed by atoms with Crippen LogP contribution in [0.4, 0.5) is 5.69 Å². The molecular formula is C21H23BrClNO2.